The van der Waals surface area contributed by atoms with Crippen molar-refractivity contribution in [2.24, 2.45) is 11.8 Å². The minimum Gasteiger partial charge on any atom is -0.356 e. The van der Waals surface area contributed by atoms with E-state index in [1.165, 1.54) is 17.7 Å². The number of amides is 2. The number of hydrogen-bond acceptors (Lipinski definition) is 4. The van der Waals surface area contributed by atoms with Crippen LogP contribution in [-0.4, -0.2) is 70.4 Å². The van der Waals surface area contributed by atoms with E-state index in [0.717, 1.165) is 68.3 Å². The van der Waals surface area contributed by atoms with E-state index in [-0.39, 0.29) is 17.9 Å². The molecule has 4 heterocycles. The predicted octanol–water partition coefficient (Wildman–Crippen LogP) is 4.73. The van der Waals surface area contributed by atoms with Crippen LogP contribution in [0, 0.1) is 24.6 Å². The Morgan fingerprint density at radius 3 is 2.82 bits per heavy atom. The molecule has 0 bridgehead atoms. The summed E-state index contributed by atoms with van der Waals surface area (Å²) in [6.07, 6.45) is 10.6. The molecule has 2 aromatic heterocycles. The zero-order valence-corrected chi connectivity index (χ0v) is 23.5. The number of hydrogen-bond donors (Lipinski definition) is 1. The van der Waals surface area contributed by atoms with Gasteiger partial charge in [-0.05, 0) is 94.2 Å². The Kier molecular flexibility index (Phi) is 8.03. The third-order valence-corrected chi connectivity index (χ3v) is 8.57. The number of aryl methyl sites for hydroxylation is 1. The molecule has 2 fully saturated rings. The maximum absolute atomic E-state index is 14.4. The molecule has 3 aromatic rings. The highest BCUT2D eigenvalue weighted by Crippen LogP contribution is 2.33. The van der Waals surface area contributed by atoms with Gasteiger partial charge in [0.2, 0.25) is 5.91 Å². The van der Waals surface area contributed by atoms with Crippen molar-refractivity contribution in [1.82, 2.24) is 24.7 Å². The van der Waals surface area contributed by atoms with E-state index in [9.17, 15) is 14.0 Å². The van der Waals surface area contributed by atoms with Crippen molar-refractivity contribution in [3.05, 3.63) is 59.3 Å². The molecule has 1 aromatic carbocycles. The first-order valence-electron chi connectivity index (χ1n) is 14.2. The van der Waals surface area contributed by atoms with Crippen molar-refractivity contribution >= 4 is 22.7 Å². The highest BCUT2D eigenvalue weighted by atomic mass is 19.1. The molecule has 39 heavy (non-hydrogen) atoms. The fourth-order valence-corrected chi connectivity index (χ4v) is 6.20. The van der Waals surface area contributed by atoms with Gasteiger partial charge in [0.05, 0.1) is 23.0 Å². The van der Waals surface area contributed by atoms with E-state index < -0.39 is 5.82 Å². The van der Waals surface area contributed by atoms with Gasteiger partial charge in [0.15, 0.2) is 0 Å². The lowest BCUT2D eigenvalue weighted by atomic mass is 9.97. The number of nitrogens with one attached hydrogen (secondary N) is 1. The second kappa shape index (κ2) is 11.5. The first-order valence-corrected chi connectivity index (χ1v) is 14.2. The Hall–Kier alpha value is -3.26. The Balaban J connectivity index is 1.41. The molecule has 8 heteroatoms. The molecular weight excluding hydrogens is 493 g/mol. The topological polar surface area (TPSA) is 70.5 Å². The Morgan fingerprint density at radius 2 is 2.03 bits per heavy atom. The van der Waals surface area contributed by atoms with Crippen LogP contribution < -0.4 is 5.32 Å². The lowest BCUT2D eigenvalue weighted by Gasteiger charge is -2.23. The maximum atomic E-state index is 14.4. The number of fused-ring (bicyclic) bond motifs is 1. The SMILES string of the molecule is Cc1cncc2c1c(C[C@@H]1CCN(C[C@@H]3CCNC(=O)CC3)C1)cn2-c1ccc(F)cc1C(=O)N(C)C(C)C. The van der Waals surface area contributed by atoms with Crippen molar-refractivity contribution in [3.8, 4) is 5.69 Å². The van der Waals surface area contributed by atoms with Gasteiger partial charge < -0.3 is 19.7 Å². The number of nitrogens with zero attached hydrogens (tertiary/aromatic N) is 4. The van der Waals surface area contributed by atoms with Crippen molar-refractivity contribution in [1.29, 1.82) is 0 Å². The van der Waals surface area contributed by atoms with Crippen molar-refractivity contribution in [2.45, 2.75) is 58.9 Å². The number of likely N-dealkylation sites (tertiary alicyclic amines) is 1. The molecule has 2 saturated heterocycles. The molecule has 2 aliphatic rings. The molecule has 0 radical (unpaired) electrons. The van der Waals surface area contributed by atoms with Crippen LogP contribution in [0.5, 0.6) is 0 Å². The highest BCUT2D eigenvalue weighted by Gasteiger charge is 2.28. The minimum atomic E-state index is -0.426. The Morgan fingerprint density at radius 1 is 1.21 bits per heavy atom. The lowest BCUT2D eigenvalue weighted by molar-refractivity contribution is -0.120. The van der Waals surface area contributed by atoms with Crippen LogP contribution in [0.1, 0.15) is 61.0 Å². The van der Waals surface area contributed by atoms with E-state index in [4.69, 9.17) is 0 Å². The lowest BCUT2D eigenvalue weighted by Crippen LogP contribution is -2.33. The van der Waals surface area contributed by atoms with Gasteiger partial charge in [0, 0.05) is 56.9 Å². The summed E-state index contributed by atoms with van der Waals surface area (Å²) in [4.78, 5) is 33.8. The summed E-state index contributed by atoms with van der Waals surface area (Å²) in [5.41, 5.74) is 4.28. The van der Waals surface area contributed by atoms with E-state index in [1.54, 1.807) is 18.0 Å². The van der Waals surface area contributed by atoms with Gasteiger partial charge in [-0.3, -0.25) is 14.6 Å². The predicted molar refractivity (Wildman–Crippen MR) is 152 cm³/mol. The molecule has 7 nitrogen and oxygen atoms in total. The Bertz CT molecular complexity index is 1370. The third-order valence-electron chi connectivity index (χ3n) is 8.57. The van der Waals surface area contributed by atoms with E-state index >= 15 is 0 Å². The average Bonchev–Trinajstić information content (AvgIpc) is 3.44. The number of carbonyl (C=O) groups excluding carboxylic acids is 2. The summed E-state index contributed by atoms with van der Waals surface area (Å²) in [6, 6.07) is 4.46. The molecule has 0 spiro atoms. The van der Waals surface area contributed by atoms with Gasteiger partial charge in [-0.15, -0.1) is 0 Å². The summed E-state index contributed by atoms with van der Waals surface area (Å²) >= 11 is 0. The fourth-order valence-electron chi connectivity index (χ4n) is 6.20. The molecule has 208 valence electrons. The third kappa shape index (κ3) is 5.86. The number of halogens is 1. The summed E-state index contributed by atoms with van der Waals surface area (Å²) < 4.78 is 16.4. The molecule has 2 amide bonds. The highest BCUT2D eigenvalue weighted by molar-refractivity contribution is 5.99. The number of benzene rings is 1. The number of aromatic nitrogens is 2. The molecule has 0 aliphatic carbocycles. The smallest absolute Gasteiger partial charge is 0.256 e. The number of rotatable bonds is 7. The fraction of sp³-hybridized carbons (Fsp3) is 0.516. The van der Waals surface area contributed by atoms with E-state index in [1.807, 2.05) is 30.8 Å². The van der Waals surface area contributed by atoms with Crippen LogP contribution in [0.3, 0.4) is 0 Å². The van der Waals surface area contributed by atoms with Gasteiger partial charge >= 0.3 is 0 Å². The second-order valence-corrected chi connectivity index (χ2v) is 11.7. The van der Waals surface area contributed by atoms with Crippen molar-refractivity contribution in [3.63, 3.8) is 0 Å². The van der Waals surface area contributed by atoms with Crippen LogP contribution in [0.2, 0.25) is 0 Å². The zero-order chi connectivity index (χ0) is 27.7. The normalized spacial score (nSPS) is 20.4. The number of pyridine rings is 1. The maximum Gasteiger partial charge on any atom is 0.256 e. The van der Waals surface area contributed by atoms with Gasteiger partial charge in [0.1, 0.15) is 5.82 Å². The molecular formula is C31H40FN5O2. The zero-order valence-electron chi connectivity index (χ0n) is 23.5. The monoisotopic (exact) mass is 533 g/mol. The van der Waals surface area contributed by atoms with Gasteiger partial charge in [0.25, 0.3) is 5.91 Å². The van der Waals surface area contributed by atoms with E-state index in [0.29, 0.717) is 29.5 Å². The molecule has 0 unspecified atom stereocenters. The summed E-state index contributed by atoms with van der Waals surface area (Å²) in [5, 5.41) is 4.16. The largest absolute Gasteiger partial charge is 0.356 e. The molecule has 1 N–H and O–H groups in total. The van der Waals surface area contributed by atoms with Crippen LogP contribution in [-0.2, 0) is 11.2 Å². The first kappa shape index (κ1) is 27.3. The number of carbonyl (C=O) groups is 2. The summed E-state index contributed by atoms with van der Waals surface area (Å²) in [7, 11) is 1.75. The molecule has 2 aliphatic heterocycles. The van der Waals surface area contributed by atoms with Crippen LogP contribution in [0.4, 0.5) is 4.39 Å². The van der Waals surface area contributed by atoms with Crippen molar-refractivity contribution in [2.75, 3.05) is 33.2 Å². The van der Waals surface area contributed by atoms with Crippen LogP contribution >= 0.6 is 0 Å². The van der Waals surface area contributed by atoms with Crippen molar-refractivity contribution < 1.29 is 14.0 Å². The molecule has 5 rings (SSSR count). The summed E-state index contributed by atoms with van der Waals surface area (Å²) in [6.45, 7) is 9.95. The van der Waals surface area contributed by atoms with Crippen LogP contribution in [0.25, 0.3) is 16.6 Å². The summed E-state index contributed by atoms with van der Waals surface area (Å²) in [5.74, 6) is 0.648. The van der Waals surface area contributed by atoms with Gasteiger partial charge in [-0.1, -0.05) is 0 Å². The first-order chi connectivity index (χ1) is 18.7. The molecule has 0 saturated carbocycles. The van der Waals surface area contributed by atoms with Gasteiger partial charge in [-0.25, -0.2) is 4.39 Å². The van der Waals surface area contributed by atoms with Crippen LogP contribution in [0.15, 0.2) is 36.8 Å². The van der Waals surface area contributed by atoms with Gasteiger partial charge in [-0.2, -0.15) is 0 Å². The average molecular weight is 534 g/mol. The Labute approximate surface area is 230 Å². The molecule has 2 atom stereocenters. The quantitative estimate of drug-likeness (QED) is 0.477. The second-order valence-electron chi connectivity index (χ2n) is 11.7. The standard InChI is InChI=1S/C31H40FN5O2/c1-20(2)35(4)31(39)26-14-25(32)6-7-27(26)37-19-24(30-21(3)15-33-16-28(30)37)13-23-10-12-36(18-23)17-22-5-8-29(38)34-11-9-22/h6-7,14-16,19-20,22-23H,5,8-13,17-18H2,1-4H3,(H,34,38)/t22-,23-/m0/s1. The minimum absolute atomic E-state index is 0.00505. The van der Waals surface area contributed by atoms with E-state index in [2.05, 4.69) is 28.3 Å².